The highest BCUT2D eigenvalue weighted by Gasteiger charge is 2.13. The maximum absolute atomic E-state index is 12.5. The van der Waals surface area contributed by atoms with E-state index in [0.717, 1.165) is 22.2 Å². The van der Waals surface area contributed by atoms with Crippen LogP contribution in [0, 0.1) is 0 Å². The molecular weight excluding hydrogens is 340 g/mol. The molecule has 0 N–H and O–H groups in total. The van der Waals surface area contributed by atoms with Crippen LogP contribution in [0.15, 0.2) is 49.3 Å². The lowest BCUT2D eigenvalue weighted by Crippen LogP contribution is -2.07. The van der Waals surface area contributed by atoms with Gasteiger partial charge in [-0.25, -0.2) is 9.97 Å². The highest BCUT2D eigenvalue weighted by atomic mass is 16.1. The number of hydrogen-bond acceptors (Lipinski definition) is 5. The fraction of sp³-hybridized carbons (Fsp3) is 0.250. The van der Waals surface area contributed by atoms with Crippen LogP contribution in [0.1, 0.15) is 36.1 Å². The van der Waals surface area contributed by atoms with E-state index >= 15 is 0 Å². The van der Waals surface area contributed by atoms with Crippen molar-refractivity contribution in [2.45, 2.75) is 26.3 Å². The van der Waals surface area contributed by atoms with Crippen LogP contribution in [-0.2, 0) is 13.5 Å². The molecule has 0 saturated carbocycles. The molecular formula is C20H20N6O. The van der Waals surface area contributed by atoms with Crippen molar-refractivity contribution in [3.63, 3.8) is 0 Å². The molecule has 0 unspecified atom stereocenters. The molecule has 0 fully saturated rings. The van der Waals surface area contributed by atoms with Crippen LogP contribution in [0.3, 0.4) is 0 Å². The van der Waals surface area contributed by atoms with Gasteiger partial charge in [-0.2, -0.15) is 10.2 Å². The van der Waals surface area contributed by atoms with Gasteiger partial charge in [0.15, 0.2) is 5.78 Å². The number of rotatable bonds is 5. The third-order valence-corrected chi connectivity index (χ3v) is 4.57. The summed E-state index contributed by atoms with van der Waals surface area (Å²) in [6.45, 7) is 4.09. The molecule has 1 aromatic carbocycles. The minimum absolute atomic E-state index is 0.0640. The van der Waals surface area contributed by atoms with Crippen molar-refractivity contribution in [1.82, 2.24) is 29.3 Å². The van der Waals surface area contributed by atoms with E-state index in [1.54, 1.807) is 18.9 Å². The number of nitrogens with zero attached hydrogens (tertiary/aromatic N) is 6. The van der Waals surface area contributed by atoms with Crippen LogP contribution in [0.4, 0.5) is 0 Å². The van der Waals surface area contributed by atoms with Crippen molar-refractivity contribution in [3.05, 3.63) is 60.7 Å². The Morgan fingerprint density at radius 3 is 2.70 bits per heavy atom. The SMILES string of the molecule is CC(C)n1cnc(C(=O)Cc2cc3cc(-c4cncn4C)ccc3nn2)c1. The summed E-state index contributed by atoms with van der Waals surface area (Å²) < 4.78 is 3.88. The number of fused-ring (bicyclic) bond motifs is 1. The second kappa shape index (κ2) is 6.75. The first kappa shape index (κ1) is 17.1. The average molecular weight is 360 g/mol. The van der Waals surface area contributed by atoms with E-state index in [-0.39, 0.29) is 18.2 Å². The molecule has 3 heterocycles. The molecule has 0 saturated heterocycles. The van der Waals surface area contributed by atoms with Crippen molar-refractivity contribution in [3.8, 4) is 11.3 Å². The lowest BCUT2D eigenvalue weighted by molar-refractivity contribution is 0.0987. The Morgan fingerprint density at radius 2 is 2.00 bits per heavy atom. The van der Waals surface area contributed by atoms with Crippen molar-refractivity contribution < 1.29 is 4.79 Å². The monoisotopic (exact) mass is 360 g/mol. The van der Waals surface area contributed by atoms with Crippen LogP contribution < -0.4 is 0 Å². The first-order chi connectivity index (χ1) is 13.0. The number of imidazole rings is 2. The second-order valence-corrected chi connectivity index (χ2v) is 6.90. The predicted octanol–water partition coefficient (Wildman–Crippen LogP) is 3.23. The fourth-order valence-electron chi connectivity index (χ4n) is 2.99. The topological polar surface area (TPSA) is 78.5 Å². The smallest absolute Gasteiger partial charge is 0.188 e. The summed E-state index contributed by atoms with van der Waals surface area (Å²) in [6, 6.07) is 8.16. The van der Waals surface area contributed by atoms with Crippen molar-refractivity contribution in [2.75, 3.05) is 0 Å². The minimum Gasteiger partial charge on any atom is -0.334 e. The summed E-state index contributed by atoms with van der Waals surface area (Å²) in [4.78, 5) is 20.9. The van der Waals surface area contributed by atoms with Gasteiger partial charge in [0.25, 0.3) is 0 Å². The molecule has 136 valence electrons. The Bertz CT molecular complexity index is 1120. The van der Waals surface area contributed by atoms with E-state index in [9.17, 15) is 4.79 Å². The number of benzene rings is 1. The predicted molar refractivity (Wildman–Crippen MR) is 102 cm³/mol. The Morgan fingerprint density at radius 1 is 1.15 bits per heavy atom. The van der Waals surface area contributed by atoms with Gasteiger partial charge < -0.3 is 9.13 Å². The molecule has 27 heavy (non-hydrogen) atoms. The Labute approximate surface area is 156 Å². The van der Waals surface area contributed by atoms with Gasteiger partial charge >= 0.3 is 0 Å². The van der Waals surface area contributed by atoms with Crippen molar-refractivity contribution >= 4 is 16.7 Å². The van der Waals surface area contributed by atoms with Gasteiger partial charge in [-0.3, -0.25) is 4.79 Å². The minimum atomic E-state index is -0.0640. The zero-order chi connectivity index (χ0) is 19.0. The summed E-state index contributed by atoms with van der Waals surface area (Å²) in [7, 11) is 1.96. The lowest BCUT2D eigenvalue weighted by atomic mass is 10.1. The lowest BCUT2D eigenvalue weighted by Gasteiger charge is -2.05. The highest BCUT2D eigenvalue weighted by molar-refractivity contribution is 5.95. The molecule has 0 bridgehead atoms. The molecule has 0 amide bonds. The quantitative estimate of drug-likeness (QED) is 0.511. The zero-order valence-electron chi connectivity index (χ0n) is 15.5. The summed E-state index contributed by atoms with van der Waals surface area (Å²) >= 11 is 0. The molecule has 0 aliphatic heterocycles. The summed E-state index contributed by atoms with van der Waals surface area (Å²) in [5.74, 6) is -0.0640. The van der Waals surface area contributed by atoms with E-state index in [1.165, 1.54) is 0 Å². The average Bonchev–Trinajstić information content (AvgIpc) is 3.30. The van der Waals surface area contributed by atoms with Gasteiger partial charge in [0, 0.05) is 30.2 Å². The number of hydrogen-bond donors (Lipinski definition) is 0. The molecule has 0 atom stereocenters. The summed E-state index contributed by atoms with van der Waals surface area (Å²) in [5.41, 5.74) is 3.94. The molecule has 4 rings (SSSR count). The molecule has 7 heteroatoms. The first-order valence-electron chi connectivity index (χ1n) is 8.81. The number of carbonyl (C=O) groups is 1. The van der Waals surface area contributed by atoms with Crippen LogP contribution in [-0.4, -0.2) is 35.1 Å². The van der Waals surface area contributed by atoms with Gasteiger partial charge in [-0.1, -0.05) is 6.07 Å². The van der Waals surface area contributed by atoms with Crippen molar-refractivity contribution in [2.24, 2.45) is 7.05 Å². The van der Waals surface area contributed by atoms with Crippen LogP contribution in [0.5, 0.6) is 0 Å². The normalized spacial score (nSPS) is 11.4. The molecule has 0 aliphatic rings. The van der Waals surface area contributed by atoms with Gasteiger partial charge in [0.05, 0.1) is 42.2 Å². The molecule has 0 aliphatic carbocycles. The van der Waals surface area contributed by atoms with Gasteiger partial charge in [0.2, 0.25) is 0 Å². The first-order valence-corrected chi connectivity index (χ1v) is 8.81. The number of ketones is 1. The van der Waals surface area contributed by atoms with E-state index in [2.05, 4.69) is 20.2 Å². The van der Waals surface area contributed by atoms with Crippen molar-refractivity contribution in [1.29, 1.82) is 0 Å². The van der Waals surface area contributed by atoms with Gasteiger partial charge in [-0.05, 0) is 32.0 Å². The standard InChI is InChI=1S/C20H20N6O/c1-13(2)26-10-18(22-12-26)20(27)8-16-7-15-6-14(4-5-17(15)24-23-16)19-9-21-11-25(19)3/h4-7,9-13H,8H2,1-3H3. The van der Waals surface area contributed by atoms with E-state index in [4.69, 9.17) is 0 Å². The number of aromatic nitrogens is 6. The largest absolute Gasteiger partial charge is 0.334 e. The second-order valence-electron chi connectivity index (χ2n) is 6.90. The van der Waals surface area contributed by atoms with Crippen LogP contribution in [0.25, 0.3) is 22.2 Å². The van der Waals surface area contributed by atoms with Crippen LogP contribution >= 0.6 is 0 Å². The molecule has 3 aromatic heterocycles. The number of Topliss-reactive ketones (excluding diaryl/α,β-unsaturated/α-hetero) is 1. The van der Waals surface area contributed by atoms with E-state index < -0.39 is 0 Å². The fourth-order valence-corrected chi connectivity index (χ4v) is 2.99. The molecule has 0 spiro atoms. The van der Waals surface area contributed by atoms with E-state index in [1.807, 2.05) is 60.5 Å². The number of carbonyl (C=O) groups excluding carboxylic acids is 1. The van der Waals surface area contributed by atoms with E-state index in [0.29, 0.717) is 11.4 Å². The molecule has 7 nitrogen and oxygen atoms in total. The van der Waals surface area contributed by atoms with Crippen LogP contribution in [0.2, 0.25) is 0 Å². The Balaban J connectivity index is 1.62. The maximum Gasteiger partial charge on any atom is 0.188 e. The zero-order valence-corrected chi connectivity index (χ0v) is 15.5. The third-order valence-electron chi connectivity index (χ3n) is 4.57. The van der Waals surface area contributed by atoms with Gasteiger partial charge in [0.1, 0.15) is 5.69 Å². The molecule has 0 radical (unpaired) electrons. The molecule has 4 aromatic rings. The van der Waals surface area contributed by atoms with Gasteiger partial charge in [-0.15, -0.1) is 0 Å². The highest BCUT2D eigenvalue weighted by Crippen LogP contribution is 2.23. The summed E-state index contributed by atoms with van der Waals surface area (Å²) in [6.07, 6.45) is 7.23. The summed E-state index contributed by atoms with van der Waals surface area (Å²) in [5, 5.41) is 9.40. The number of aryl methyl sites for hydroxylation is 1. The third kappa shape index (κ3) is 3.36. The Hall–Kier alpha value is -3.35. The Kier molecular flexibility index (Phi) is 4.27. The maximum atomic E-state index is 12.5.